The van der Waals surface area contributed by atoms with Gasteiger partial charge in [-0.2, -0.15) is 0 Å². The average molecular weight is 246 g/mol. The van der Waals surface area contributed by atoms with E-state index in [0.717, 1.165) is 11.1 Å². The molecule has 3 nitrogen and oxygen atoms in total. The lowest BCUT2D eigenvalue weighted by Crippen LogP contribution is -2.15. The Hall–Kier alpha value is -1.90. The Kier molecular flexibility index (Phi) is 2.85. The molecule has 1 aromatic carbocycles. The standard InChI is InChI=1S/C15H18O3/c1-9-6-7-10-8-11(17-5)13(16)12(14(10)18-9)15(2,3)4/h6-8,16H,1H2,2-5H3. The Labute approximate surface area is 107 Å². The highest BCUT2D eigenvalue weighted by Crippen LogP contribution is 2.47. The van der Waals surface area contributed by atoms with Gasteiger partial charge in [0.25, 0.3) is 0 Å². The normalized spacial score (nSPS) is 14.1. The molecule has 1 aromatic rings. The number of phenolic OH excluding ortho intramolecular Hbond substituents is 1. The first-order chi connectivity index (χ1) is 8.34. The summed E-state index contributed by atoms with van der Waals surface area (Å²) in [4.78, 5) is 0. The lowest BCUT2D eigenvalue weighted by molar-refractivity contribution is 0.353. The number of benzene rings is 1. The molecule has 0 atom stereocenters. The molecule has 18 heavy (non-hydrogen) atoms. The van der Waals surface area contributed by atoms with Crippen LogP contribution >= 0.6 is 0 Å². The number of aromatic hydroxyl groups is 1. The van der Waals surface area contributed by atoms with Gasteiger partial charge in [0.15, 0.2) is 11.5 Å². The lowest BCUT2D eigenvalue weighted by atomic mass is 9.83. The molecule has 0 amide bonds. The first-order valence-corrected chi connectivity index (χ1v) is 5.84. The van der Waals surface area contributed by atoms with Crippen LogP contribution in [0.1, 0.15) is 31.9 Å². The third kappa shape index (κ3) is 1.96. The first kappa shape index (κ1) is 12.6. The summed E-state index contributed by atoms with van der Waals surface area (Å²) in [6, 6.07) is 1.77. The van der Waals surface area contributed by atoms with Crippen LogP contribution in [-0.2, 0) is 5.41 Å². The van der Waals surface area contributed by atoms with Gasteiger partial charge in [0.1, 0.15) is 11.5 Å². The zero-order chi connectivity index (χ0) is 13.5. The fourth-order valence-electron chi connectivity index (χ4n) is 2.08. The summed E-state index contributed by atoms with van der Waals surface area (Å²) in [6.07, 6.45) is 3.71. The third-order valence-electron chi connectivity index (χ3n) is 2.90. The Balaban J connectivity index is 2.77. The lowest BCUT2D eigenvalue weighted by Gasteiger charge is -2.27. The molecule has 1 N–H and O–H groups in total. The fraction of sp³-hybridized carbons (Fsp3) is 0.333. The van der Waals surface area contributed by atoms with Gasteiger partial charge in [0.05, 0.1) is 7.11 Å². The van der Waals surface area contributed by atoms with E-state index >= 15 is 0 Å². The van der Waals surface area contributed by atoms with Crippen LogP contribution in [0.4, 0.5) is 0 Å². The summed E-state index contributed by atoms with van der Waals surface area (Å²) in [5.74, 6) is 1.82. The number of ether oxygens (including phenoxy) is 2. The summed E-state index contributed by atoms with van der Waals surface area (Å²) in [7, 11) is 1.54. The van der Waals surface area contributed by atoms with E-state index < -0.39 is 0 Å². The highest BCUT2D eigenvalue weighted by molar-refractivity contribution is 5.71. The minimum absolute atomic E-state index is 0.131. The number of hydrogen-bond donors (Lipinski definition) is 1. The van der Waals surface area contributed by atoms with Crippen molar-refractivity contribution < 1.29 is 14.6 Å². The second-order valence-corrected chi connectivity index (χ2v) is 5.37. The van der Waals surface area contributed by atoms with Gasteiger partial charge in [0.2, 0.25) is 0 Å². The van der Waals surface area contributed by atoms with E-state index in [-0.39, 0.29) is 11.2 Å². The van der Waals surface area contributed by atoms with E-state index in [1.54, 1.807) is 19.3 Å². The number of phenols is 1. The van der Waals surface area contributed by atoms with Crippen LogP contribution in [-0.4, -0.2) is 12.2 Å². The number of hydrogen-bond acceptors (Lipinski definition) is 3. The number of allylic oxidation sites excluding steroid dienone is 1. The molecule has 1 aliphatic heterocycles. The molecule has 0 bridgehead atoms. The molecular formula is C15H18O3. The van der Waals surface area contributed by atoms with Gasteiger partial charge in [-0.05, 0) is 23.6 Å². The van der Waals surface area contributed by atoms with Crippen molar-refractivity contribution in [1.82, 2.24) is 0 Å². The minimum Gasteiger partial charge on any atom is -0.504 e. The SMILES string of the molecule is C=C1C=Cc2cc(OC)c(O)c(C(C)(C)C)c2O1. The zero-order valence-electron chi connectivity index (χ0n) is 11.2. The van der Waals surface area contributed by atoms with Crippen molar-refractivity contribution >= 4 is 6.08 Å². The van der Waals surface area contributed by atoms with E-state index in [4.69, 9.17) is 9.47 Å². The Morgan fingerprint density at radius 1 is 1.28 bits per heavy atom. The van der Waals surface area contributed by atoms with Crippen molar-refractivity contribution in [2.75, 3.05) is 7.11 Å². The molecule has 0 spiro atoms. The molecule has 0 radical (unpaired) electrons. The molecule has 0 unspecified atom stereocenters. The summed E-state index contributed by atoms with van der Waals surface area (Å²) < 4.78 is 10.9. The molecule has 1 aliphatic rings. The average Bonchev–Trinajstić information content (AvgIpc) is 2.26. The minimum atomic E-state index is -0.256. The van der Waals surface area contributed by atoms with Crippen molar-refractivity contribution in [3.63, 3.8) is 0 Å². The van der Waals surface area contributed by atoms with Gasteiger partial charge in [-0.15, -0.1) is 0 Å². The van der Waals surface area contributed by atoms with Crippen LogP contribution in [0.15, 0.2) is 24.5 Å². The highest BCUT2D eigenvalue weighted by Gasteiger charge is 2.29. The van der Waals surface area contributed by atoms with Gasteiger partial charge >= 0.3 is 0 Å². The smallest absolute Gasteiger partial charge is 0.165 e. The van der Waals surface area contributed by atoms with Crippen molar-refractivity contribution in [2.45, 2.75) is 26.2 Å². The topological polar surface area (TPSA) is 38.7 Å². The van der Waals surface area contributed by atoms with Gasteiger partial charge < -0.3 is 14.6 Å². The van der Waals surface area contributed by atoms with Crippen LogP contribution < -0.4 is 9.47 Å². The molecule has 2 rings (SSSR count). The molecular weight excluding hydrogens is 228 g/mol. The second-order valence-electron chi connectivity index (χ2n) is 5.37. The van der Waals surface area contributed by atoms with Crippen LogP contribution in [0.2, 0.25) is 0 Å². The summed E-state index contributed by atoms with van der Waals surface area (Å²) in [5, 5.41) is 10.3. The van der Waals surface area contributed by atoms with Gasteiger partial charge in [-0.1, -0.05) is 27.4 Å². The second kappa shape index (κ2) is 4.09. The summed E-state index contributed by atoms with van der Waals surface area (Å²) >= 11 is 0. The quantitative estimate of drug-likeness (QED) is 0.822. The molecule has 0 aliphatic carbocycles. The monoisotopic (exact) mass is 246 g/mol. The van der Waals surface area contributed by atoms with E-state index in [1.165, 1.54) is 0 Å². The summed E-state index contributed by atoms with van der Waals surface area (Å²) in [5.41, 5.74) is 1.37. The van der Waals surface area contributed by atoms with Gasteiger partial charge in [-0.3, -0.25) is 0 Å². The first-order valence-electron chi connectivity index (χ1n) is 5.84. The molecule has 96 valence electrons. The van der Waals surface area contributed by atoms with E-state index in [1.807, 2.05) is 26.8 Å². The largest absolute Gasteiger partial charge is 0.504 e. The van der Waals surface area contributed by atoms with Crippen LogP contribution in [0.3, 0.4) is 0 Å². The van der Waals surface area contributed by atoms with Gasteiger partial charge in [-0.25, -0.2) is 0 Å². The Bertz CT molecular complexity index is 534. The highest BCUT2D eigenvalue weighted by atomic mass is 16.5. The zero-order valence-corrected chi connectivity index (χ0v) is 11.2. The fourth-order valence-corrected chi connectivity index (χ4v) is 2.08. The maximum Gasteiger partial charge on any atom is 0.165 e. The van der Waals surface area contributed by atoms with Crippen molar-refractivity contribution in [3.8, 4) is 17.2 Å². The van der Waals surface area contributed by atoms with Crippen molar-refractivity contribution in [2.24, 2.45) is 0 Å². The number of rotatable bonds is 1. The van der Waals surface area contributed by atoms with Crippen LogP contribution in [0.25, 0.3) is 6.08 Å². The molecule has 3 heteroatoms. The van der Waals surface area contributed by atoms with Crippen molar-refractivity contribution in [1.29, 1.82) is 0 Å². The third-order valence-corrected chi connectivity index (χ3v) is 2.90. The van der Waals surface area contributed by atoms with Crippen LogP contribution in [0.5, 0.6) is 17.2 Å². The predicted molar refractivity (Wildman–Crippen MR) is 72.2 cm³/mol. The number of methoxy groups -OCH3 is 1. The maximum absolute atomic E-state index is 10.3. The molecule has 0 aromatic heterocycles. The van der Waals surface area contributed by atoms with E-state index in [0.29, 0.717) is 17.3 Å². The Morgan fingerprint density at radius 3 is 2.50 bits per heavy atom. The van der Waals surface area contributed by atoms with Gasteiger partial charge in [0, 0.05) is 11.1 Å². The number of fused-ring (bicyclic) bond motifs is 1. The van der Waals surface area contributed by atoms with E-state index in [9.17, 15) is 5.11 Å². The summed E-state index contributed by atoms with van der Waals surface area (Å²) in [6.45, 7) is 9.85. The molecule has 0 fully saturated rings. The maximum atomic E-state index is 10.3. The molecule has 0 saturated carbocycles. The predicted octanol–water partition coefficient (Wildman–Crippen LogP) is 3.62. The van der Waals surface area contributed by atoms with Crippen molar-refractivity contribution in [3.05, 3.63) is 35.6 Å². The van der Waals surface area contributed by atoms with E-state index in [2.05, 4.69) is 6.58 Å². The Morgan fingerprint density at radius 2 is 1.94 bits per heavy atom. The van der Waals surface area contributed by atoms with Crippen LogP contribution in [0, 0.1) is 0 Å². The molecule has 1 heterocycles. The molecule has 0 saturated heterocycles.